The number of benzene rings is 1. The molecule has 0 aromatic heterocycles. The van der Waals surface area contributed by atoms with Crippen LogP contribution in [0.1, 0.15) is 13.8 Å². The second-order valence-electron chi connectivity index (χ2n) is 5.10. The Morgan fingerprint density at radius 2 is 1.90 bits per heavy atom. The van der Waals surface area contributed by atoms with E-state index < -0.39 is 37.9 Å². The Kier molecular flexibility index (Phi) is 4.90. The highest BCUT2D eigenvalue weighted by Gasteiger charge is 2.30. The molecule has 6 nitrogen and oxygen atoms in total. The van der Waals surface area contributed by atoms with Crippen molar-refractivity contribution in [2.45, 2.75) is 18.7 Å². The zero-order valence-corrected chi connectivity index (χ0v) is 12.6. The predicted octanol–water partition coefficient (Wildman–Crippen LogP) is 0.598. The van der Waals surface area contributed by atoms with Crippen LogP contribution in [0, 0.1) is 17.0 Å². The molecule has 0 saturated heterocycles. The van der Waals surface area contributed by atoms with Gasteiger partial charge in [-0.25, -0.2) is 21.9 Å². The maximum Gasteiger partial charge on any atom is 0.243 e. The summed E-state index contributed by atoms with van der Waals surface area (Å²) in [5.41, 5.74) is 4.03. The highest BCUT2D eigenvalue weighted by atomic mass is 32.2. The number of halogens is 2. The van der Waals surface area contributed by atoms with Crippen LogP contribution < -0.4 is 15.8 Å². The first-order chi connectivity index (χ1) is 9.51. The first kappa shape index (κ1) is 17.3. The molecule has 0 unspecified atom stereocenters. The summed E-state index contributed by atoms with van der Waals surface area (Å²) >= 11 is 0. The number of nitrogens with one attached hydrogen (secondary N) is 2. The Bertz CT molecular complexity index is 660. The summed E-state index contributed by atoms with van der Waals surface area (Å²) in [4.78, 5) is 10.7. The van der Waals surface area contributed by atoms with Crippen molar-refractivity contribution in [3.05, 3.63) is 23.8 Å². The molecule has 0 bridgehead atoms. The number of carbonyl (C=O) groups is 1. The number of hydrogen-bond acceptors (Lipinski definition) is 4. The summed E-state index contributed by atoms with van der Waals surface area (Å²) in [6.45, 7) is 2.72. The maximum atomic E-state index is 13.6. The lowest BCUT2D eigenvalue weighted by Gasteiger charge is -2.22. The van der Waals surface area contributed by atoms with Crippen LogP contribution in [0.4, 0.5) is 14.5 Å². The number of rotatable bonds is 5. The van der Waals surface area contributed by atoms with Crippen LogP contribution >= 0.6 is 0 Å². The molecule has 0 heterocycles. The van der Waals surface area contributed by atoms with Crippen molar-refractivity contribution in [2.75, 3.05) is 19.3 Å². The number of nitrogen functional groups attached to an aromatic ring is 1. The molecule has 1 aromatic carbocycles. The van der Waals surface area contributed by atoms with E-state index in [0.717, 1.165) is 6.07 Å². The molecule has 0 fully saturated rings. The van der Waals surface area contributed by atoms with Gasteiger partial charge in [-0.2, -0.15) is 0 Å². The van der Waals surface area contributed by atoms with Crippen molar-refractivity contribution in [1.82, 2.24) is 10.0 Å². The van der Waals surface area contributed by atoms with Gasteiger partial charge in [0.25, 0.3) is 0 Å². The molecule has 1 aromatic rings. The maximum absolute atomic E-state index is 13.6. The molecular weight excluding hydrogens is 304 g/mol. The molecule has 0 spiro atoms. The molecule has 0 aliphatic heterocycles. The van der Waals surface area contributed by atoms with Gasteiger partial charge in [-0.05, 0) is 26.0 Å². The van der Waals surface area contributed by atoms with Crippen molar-refractivity contribution >= 4 is 21.6 Å². The van der Waals surface area contributed by atoms with Gasteiger partial charge in [0, 0.05) is 19.3 Å². The Balaban J connectivity index is 3.06. The van der Waals surface area contributed by atoms with Crippen LogP contribution in [-0.4, -0.2) is 27.9 Å². The van der Waals surface area contributed by atoms with Gasteiger partial charge in [-0.15, -0.1) is 0 Å². The van der Waals surface area contributed by atoms with Crippen molar-refractivity contribution in [3.8, 4) is 0 Å². The molecule has 0 aliphatic carbocycles. The summed E-state index contributed by atoms with van der Waals surface area (Å²) in [6, 6.07) is 1.50. The lowest BCUT2D eigenvalue weighted by atomic mass is 9.93. The number of amides is 1. The normalized spacial score (nSPS) is 12.2. The first-order valence-corrected chi connectivity index (χ1v) is 7.46. The van der Waals surface area contributed by atoms with Gasteiger partial charge < -0.3 is 11.1 Å². The van der Waals surface area contributed by atoms with Gasteiger partial charge in [-0.3, -0.25) is 4.79 Å². The number of anilines is 1. The average molecular weight is 321 g/mol. The number of nitrogens with two attached hydrogens (primary N) is 1. The van der Waals surface area contributed by atoms with E-state index in [9.17, 15) is 22.0 Å². The highest BCUT2D eigenvalue weighted by molar-refractivity contribution is 7.89. The summed E-state index contributed by atoms with van der Waals surface area (Å²) in [7, 11) is -2.93. The number of carbonyl (C=O) groups excluding carboxylic acids is 1. The van der Waals surface area contributed by atoms with E-state index in [-0.39, 0.29) is 12.2 Å². The quantitative estimate of drug-likeness (QED) is 0.691. The van der Waals surface area contributed by atoms with Gasteiger partial charge in [-0.1, -0.05) is 0 Å². The van der Waals surface area contributed by atoms with E-state index in [0.29, 0.717) is 6.07 Å². The van der Waals surface area contributed by atoms with Gasteiger partial charge in [0.05, 0.1) is 5.41 Å². The average Bonchev–Trinajstić information content (AvgIpc) is 2.39. The fraction of sp³-hybridized carbons (Fsp3) is 0.417. The van der Waals surface area contributed by atoms with Gasteiger partial charge in [0.15, 0.2) is 11.6 Å². The van der Waals surface area contributed by atoms with Crippen LogP contribution in [0.25, 0.3) is 0 Å². The molecule has 0 radical (unpaired) electrons. The van der Waals surface area contributed by atoms with Gasteiger partial charge >= 0.3 is 0 Å². The van der Waals surface area contributed by atoms with Crippen LogP contribution in [0.3, 0.4) is 0 Å². The summed E-state index contributed by atoms with van der Waals surface area (Å²) in [6.07, 6.45) is 0. The van der Waals surface area contributed by atoms with Crippen LogP contribution in [0.5, 0.6) is 0 Å². The highest BCUT2D eigenvalue weighted by Crippen LogP contribution is 2.22. The molecule has 4 N–H and O–H groups in total. The van der Waals surface area contributed by atoms with Crippen molar-refractivity contribution in [2.24, 2.45) is 5.41 Å². The molecule has 0 saturated carbocycles. The zero-order chi connectivity index (χ0) is 16.4. The van der Waals surface area contributed by atoms with Gasteiger partial charge in [0.2, 0.25) is 15.9 Å². The second-order valence-corrected chi connectivity index (χ2v) is 6.84. The molecule has 118 valence electrons. The van der Waals surface area contributed by atoms with E-state index in [1.807, 2.05) is 0 Å². The van der Waals surface area contributed by atoms with E-state index >= 15 is 0 Å². The molecule has 9 heteroatoms. The van der Waals surface area contributed by atoms with E-state index in [1.165, 1.54) is 20.9 Å². The third-order valence-electron chi connectivity index (χ3n) is 2.85. The van der Waals surface area contributed by atoms with Crippen LogP contribution in [-0.2, 0) is 14.8 Å². The lowest BCUT2D eigenvalue weighted by Crippen LogP contribution is -2.43. The number of hydrogen-bond donors (Lipinski definition) is 3. The third-order valence-corrected chi connectivity index (χ3v) is 4.25. The Labute approximate surface area is 121 Å². The van der Waals surface area contributed by atoms with Crippen molar-refractivity contribution < 1.29 is 22.0 Å². The second kappa shape index (κ2) is 5.94. The fourth-order valence-corrected chi connectivity index (χ4v) is 2.88. The summed E-state index contributed by atoms with van der Waals surface area (Å²) in [5, 5.41) is 2.38. The van der Waals surface area contributed by atoms with E-state index in [2.05, 4.69) is 10.0 Å². The van der Waals surface area contributed by atoms with Crippen molar-refractivity contribution in [3.63, 3.8) is 0 Å². The molecule has 0 aliphatic rings. The molecular formula is C12H17F2N3O3S. The van der Waals surface area contributed by atoms with E-state index in [4.69, 9.17) is 5.73 Å². The Hall–Kier alpha value is -1.74. The molecule has 1 amide bonds. The Morgan fingerprint density at radius 1 is 1.33 bits per heavy atom. The SMILES string of the molecule is CNC(=O)C(C)(C)CNS(=O)(=O)c1cc(N)cc(F)c1F. The number of sulfonamides is 1. The topological polar surface area (TPSA) is 101 Å². The predicted molar refractivity (Wildman–Crippen MR) is 73.8 cm³/mol. The monoisotopic (exact) mass is 321 g/mol. The first-order valence-electron chi connectivity index (χ1n) is 5.97. The molecule has 21 heavy (non-hydrogen) atoms. The minimum atomic E-state index is -4.34. The van der Waals surface area contributed by atoms with Crippen LogP contribution in [0.2, 0.25) is 0 Å². The smallest absolute Gasteiger partial charge is 0.243 e. The molecule has 1 rings (SSSR count). The standard InChI is InChI=1S/C12H17F2N3O3S/c1-12(2,11(18)16-3)6-17-21(19,20)9-5-7(15)4-8(13)10(9)14/h4-5,17H,6,15H2,1-3H3,(H,16,18). The third kappa shape index (κ3) is 3.88. The van der Waals surface area contributed by atoms with Crippen molar-refractivity contribution in [1.29, 1.82) is 0 Å². The van der Waals surface area contributed by atoms with E-state index in [1.54, 1.807) is 0 Å². The minimum Gasteiger partial charge on any atom is -0.399 e. The Morgan fingerprint density at radius 3 is 2.43 bits per heavy atom. The summed E-state index contributed by atoms with van der Waals surface area (Å²) in [5.74, 6) is -3.28. The van der Waals surface area contributed by atoms with Crippen LogP contribution in [0.15, 0.2) is 17.0 Å². The largest absolute Gasteiger partial charge is 0.399 e. The zero-order valence-electron chi connectivity index (χ0n) is 11.8. The fourth-order valence-electron chi connectivity index (χ4n) is 1.55. The molecule has 0 atom stereocenters. The lowest BCUT2D eigenvalue weighted by molar-refractivity contribution is -0.128. The summed E-state index contributed by atoms with van der Waals surface area (Å²) < 4.78 is 52.9. The minimum absolute atomic E-state index is 0.222. The van der Waals surface area contributed by atoms with Gasteiger partial charge in [0.1, 0.15) is 4.90 Å².